The van der Waals surface area contributed by atoms with Gasteiger partial charge in [-0.15, -0.1) is 11.6 Å². The average Bonchev–Trinajstić information content (AvgIpc) is 2.74. The van der Waals surface area contributed by atoms with Gasteiger partial charge in [-0.3, -0.25) is 0 Å². The van der Waals surface area contributed by atoms with E-state index in [0.717, 1.165) is 4.90 Å². The molecule has 0 saturated heterocycles. The Morgan fingerprint density at radius 1 is 1.33 bits per heavy atom. The molecule has 2 aromatic rings. The van der Waals surface area contributed by atoms with E-state index < -0.39 is 12.7 Å². The predicted molar refractivity (Wildman–Crippen MR) is 62.0 cm³/mol. The third-order valence-corrected chi connectivity index (χ3v) is 2.50. The first-order chi connectivity index (χ1) is 8.51. The molecule has 98 valence electrons. The molecule has 0 aliphatic rings. The molecule has 8 heteroatoms. The molecule has 0 atom stereocenters. The van der Waals surface area contributed by atoms with Crippen molar-refractivity contribution in [3.63, 3.8) is 0 Å². The lowest BCUT2D eigenvalue weighted by Gasteiger charge is -2.24. The van der Waals surface area contributed by atoms with Crippen molar-refractivity contribution in [2.24, 2.45) is 0 Å². The summed E-state index contributed by atoms with van der Waals surface area (Å²) in [6.45, 7) is -1.02. The van der Waals surface area contributed by atoms with Gasteiger partial charge in [0, 0.05) is 24.8 Å². The van der Waals surface area contributed by atoms with Crippen molar-refractivity contribution in [2.75, 3.05) is 23.9 Å². The Labute approximate surface area is 106 Å². The monoisotopic (exact) mass is 278 g/mol. The Bertz CT molecular complexity index is 525. The number of fused-ring (bicyclic) bond motifs is 1. The number of rotatable bonds is 4. The molecule has 2 heterocycles. The van der Waals surface area contributed by atoms with Crippen LogP contribution in [0.5, 0.6) is 0 Å². The first kappa shape index (κ1) is 12.9. The highest BCUT2D eigenvalue weighted by atomic mass is 35.5. The van der Waals surface area contributed by atoms with Crippen LogP contribution >= 0.6 is 11.6 Å². The summed E-state index contributed by atoms with van der Waals surface area (Å²) < 4.78 is 39.0. The van der Waals surface area contributed by atoms with Gasteiger partial charge in [0.15, 0.2) is 5.82 Å². The summed E-state index contributed by atoms with van der Waals surface area (Å²) in [5.74, 6) is 0.320. The topological polar surface area (TPSA) is 33.4 Å². The Hall–Kier alpha value is -1.50. The molecule has 2 aromatic heterocycles. The number of halogens is 4. The second-order valence-electron chi connectivity index (χ2n) is 3.64. The SMILES string of the molecule is FC(F)(F)CN(CCCl)c1nccn2nccc12. The van der Waals surface area contributed by atoms with Crippen LogP contribution in [0.3, 0.4) is 0 Å². The molecule has 2 rings (SSSR count). The van der Waals surface area contributed by atoms with Crippen LogP contribution < -0.4 is 4.90 Å². The molecule has 4 nitrogen and oxygen atoms in total. The van der Waals surface area contributed by atoms with Crippen LogP contribution in [0.1, 0.15) is 0 Å². The predicted octanol–water partition coefficient (Wildman–Crippen LogP) is 2.34. The van der Waals surface area contributed by atoms with Gasteiger partial charge in [-0.05, 0) is 6.07 Å². The van der Waals surface area contributed by atoms with E-state index in [-0.39, 0.29) is 18.2 Å². The molecule has 18 heavy (non-hydrogen) atoms. The van der Waals surface area contributed by atoms with Crippen molar-refractivity contribution < 1.29 is 13.2 Å². The van der Waals surface area contributed by atoms with Crippen LogP contribution in [0, 0.1) is 0 Å². The molecule has 0 aliphatic heterocycles. The van der Waals surface area contributed by atoms with Crippen molar-refractivity contribution >= 4 is 22.9 Å². The highest BCUT2D eigenvalue weighted by Gasteiger charge is 2.31. The van der Waals surface area contributed by atoms with E-state index in [4.69, 9.17) is 11.6 Å². The van der Waals surface area contributed by atoms with E-state index in [1.807, 2.05) is 0 Å². The lowest BCUT2D eigenvalue weighted by atomic mass is 10.4. The number of nitrogens with zero attached hydrogens (tertiary/aromatic N) is 4. The average molecular weight is 279 g/mol. The van der Waals surface area contributed by atoms with E-state index in [1.54, 1.807) is 12.3 Å². The zero-order valence-corrected chi connectivity index (χ0v) is 9.99. The summed E-state index contributed by atoms with van der Waals surface area (Å²) in [5.41, 5.74) is 0.520. The first-order valence-electron chi connectivity index (χ1n) is 5.17. The van der Waals surface area contributed by atoms with Gasteiger partial charge in [-0.2, -0.15) is 18.3 Å². The number of hydrogen-bond donors (Lipinski definition) is 0. The fourth-order valence-electron chi connectivity index (χ4n) is 1.67. The van der Waals surface area contributed by atoms with Gasteiger partial charge in [0.1, 0.15) is 12.1 Å². The molecule has 0 bridgehead atoms. The summed E-state index contributed by atoms with van der Waals surface area (Å²) in [7, 11) is 0. The maximum atomic E-state index is 12.5. The van der Waals surface area contributed by atoms with Crippen molar-refractivity contribution in [2.45, 2.75) is 6.18 Å². The molecule has 0 amide bonds. The van der Waals surface area contributed by atoms with E-state index in [1.165, 1.54) is 16.9 Å². The maximum absolute atomic E-state index is 12.5. The Kier molecular flexibility index (Phi) is 3.60. The second-order valence-corrected chi connectivity index (χ2v) is 4.02. The summed E-state index contributed by atoms with van der Waals surface area (Å²) >= 11 is 5.54. The van der Waals surface area contributed by atoms with Gasteiger partial charge in [0.25, 0.3) is 0 Å². The van der Waals surface area contributed by atoms with E-state index >= 15 is 0 Å². The molecule has 0 N–H and O–H groups in total. The smallest absolute Gasteiger partial charge is 0.345 e. The van der Waals surface area contributed by atoms with Gasteiger partial charge < -0.3 is 4.90 Å². The highest BCUT2D eigenvalue weighted by Crippen LogP contribution is 2.23. The van der Waals surface area contributed by atoms with Crippen LogP contribution in [0.15, 0.2) is 24.7 Å². The molecule has 0 fully saturated rings. The fraction of sp³-hybridized carbons (Fsp3) is 0.400. The van der Waals surface area contributed by atoms with Crippen LogP contribution in [-0.4, -0.2) is 39.7 Å². The van der Waals surface area contributed by atoms with Gasteiger partial charge in [0.05, 0.1) is 6.20 Å². The summed E-state index contributed by atoms with van der Waals surface area (Å²) in [6, 6.07) is 1.61. The Morgan fingerprint density at radius 3 is 2.78 bits per heavy atom. The standard InChI is InChI=1S/C10H10ClF3N4/c11-2-5-17(7-10(12,13)14)9-8-1-3-16-18(8)6-4-15-9/h1,3-4,6H,2,5,7H2. The third-order valence-electron chi connectivity index (χ3n) is 2.33. The van der Waals surface area contributed by atoms with Crippen LogP contribution in [0.25, 0.3) is 5.52 Å². The Balaban J connectivity index is 2.38. The summed E-state index contributed by atoms with van der Waals surface area (Å²) in [4.78, 5) is 5.09. The maximum Gasteiger partial charge on any atom is 0.405 e. The molecule has 0 unspecified atom stereocenters. The van der Waals surface area contributed by atoms with E-state index in [0.29, 0.717) is 5.52 Å². The van der Waals surface area contributed by atoms with Crippen molar-refractivity contribution in [1.29, 1.82) is 0 Å². The minimum atomic E-state index is -4.30. The van der Waals surface area contributed by atoms with Crippen LogP contribution in [0.2, 0.25) is 0 Å². The Morgan fingerprint density at radius 2 is 2.11 bits per heavy atom. The van der Waals surface area contributed by atoms with Crippen LogP contribution in [-0.2, 0) is 0 Å². The van der Waals surface area contributed by atoms with Crippen LogP contribution in [0.4, 0.5) is 19.0 Å². The lowest BCUT2D eigenvalue weighted by molar-refractivity contribution is -0.119. The number of alkyl halides is 4. The van der Waals surface area contributed by atoms with Gasteiger partial charge >= 0.3 is 6.18 Å². The van der Waals surface area contributed by atoms with E-state index in [9.17, 15) is 13.2 Å². The highest BCUT2D eigenvalue weighted by molar-refractivity contribution is 6.18. The van der Waals surface area contributed by atoms with Gasteiger partial charge in [0.2, 0.25) is 0 Å². The first-order valence-corrected chi connectivity index (χ1v) is 5.71. The number of anilines is 1. The van der Waals surface area contributed by atoms with E-state index in [2.05, 4.69) is 10.1 Å². The third kappa shape index (κ3) is 2.84. The van der Waals surface area contributed by atoms with Crippen molar-refractivity contribution in [1.82, 2.24) is 14.6 Å². The second kappa shape index (κ2) is 5.01. The molecule has 0 saturated carbocycles. The normalized spacial score (nSPS) is 12.0. The fourth-order valence-corrected chi connectivity index (χ4v) is 1.87. The van der Waals surface area contributed by atoms with Crippen molar-refractivity contribution in [3.8, 4) is 0 Å². The summed E-state index contributed by atoms with van der Waals surface area (Å²) in [6.07, 6.45) is 0.186. The quantitative estimate of drug-likeness (QED) is 0.805. The molecule has 0 radical (unpaired) electrons. The van der Waals surface area contributed by atoms with Crippen molar-refractivity contribution in [3.05, 3.63) is 24.7 Å². The molecular formula is C10H10ClF3N4. The zero-order valence-electron chi connectivity index (χ0n) is 9.23. The largest absolute Gasteiger partial charge is 0.405 e. The minimum absolute atomic E-state index is 0.0684. The zero-order chi connectivity index (χ0) is 13.2. The number of hydrogen-bond acceptors (Lipinski definition) is 3. The lowest BCUT2D eigenvalue weighted by Crippen LogP contribution is -2.36. The molecule has 0 aliphatic carbocycles. The molecular weight excluding hydrogens is 269 g/mol. The number of aromatic nitrogens is 3. The summed E-state index contributed by atoms with van der Waals surface area (Å²) in [5, 5.41) is 3.95. The molecule has 0 spiro atoms. The van der Waals surface area contributed by atoms with Gasteiger partial charge in [-0.1, -0.05) is 0 Å². The minimum Gasteiger partial charge on any atom is -0.345 e. The molecule has 0 aromatic carbocycles. The van der Waals surface area contributed by atoms with Gasteiger partial charge in [-0.25, -0.2) is 9.50 Å².